The second kappa shape index (κ2) is 9.56. The second-order valence-corrected chi connectivity index (χ2v) is 7.27. The molecule has 0 radical (unpaired) electrons. The molecule has 2 amide bonds. The smallest absolute Gasteiger partial charge is 0.311 e. The number of benzene rings is 2. The van der Waals surface area contributed by atoms with E-state index in [-0.39, 0.29) is 32.0 Å². The van der Waals surface area contributed by atoms with Gasteiger partial charge in [0.05, 0.1) is 5.92 Å². The standard InChI is InChI=1S/C22H23ClN2O4/c1-2-15-7-4-6-10-19(15)25-13-17(11-21(25)27)22(28)29-14-20(26)24-12-16-8-3-5-9-18(16)23/h3-10,17H,2,11-14H2,1H3,(H,24,26)/t17-/m1/s1. The molecule has 0 saturated carbocycles. The molecule has 1 fully saturated rings. The van der Waals surface area contributed by atoms with Gasteiger partial charge in [-0.1, -0.05) is 54.9 Å². The topological polar surface area (TPSA) is 75.7 Å². The van der Waals surface area contributed by atoms with Crippen LogP contribution in [0.4, 0.5) is 5.69 Å². The third-order valence-electron chi connectivity index (χ3n) is 4.90. The molecule has 2 aromatic rings. The predicted molar refractivity (Wildman–Crippen MR) is 111 cm³/mol. The van der Waals surface area contributed by atoms with E-state index in [9.17, 15) is 14.4 Å². The summed E-state index contributed by atoms with van der Waals surface area (Å²) in [4.78, 5) is 38.4. The maximum atomic E-state index is 12.4. The van der Waals surface area contributed by atoms with Crippen molar-refractivity contribution < 1.29 is 19.1 Å². The highest BCUT2D eigenvalue weighted by Gasteiger charge is 2.36. The van der Waals surface area contributed by atoms with E-state index in [0.717, 1.165) is 23.2 Å². The highest BCUT2D eigenvalue weighted by Crippen LogP contribution is 2.29. The number of nitrogens with zero attached hydrogens (tertiary/aromatic N) is 1. The normalized spacial score (nSPS) is 16.0. The summed E-state index contributed by atoms with van der Waals surface area (Å²) in [5.41, 5.74) is 2.65. The van der Waals surface area contributed by atoms with E-state index in [1.54, 1.807) is 17.0 Å². The van der Waals surface area contributed by atoms with Gasteiger partial charge in [-0.25, -0.2) is 0 Å². The fraction of sp³-hybridized carbons (Fsp3) is 0.318. The predicted octanol–water partition coefficient (Wildman–Crippen LogP) is 3.11. The summed E-state index contributed by atoms with van der Waals surface area (Å²) in [5.74, 6) is -1.65. The monoisotopic (exact) mass is 414 g/mol. The van der Waals surface area contributed by atoms with Crippen molar-refractivity contribution in [3.8, 4) is 0 Å². The van der Waals surface area contributed by atoms with E-state index in [4.69, 9.17) is 16.3 Å². The molecule has 0 aliphatic carbocycles. The molecule has 1 aliphatic heterocycles. The van der Waals surface area contributed by atoms with E-state index < -0.39 is 17.8 Å². The van der Waals surface area contributed by atoms with Crippen LogP contribution in [0.2, 0.25) is 5.02 Å². The minimum absolute atomic E-state index is 0.0815. The Bertz CT molecular complexity index is 915. The first-order valence-corrected chi connectivity index (χ1v) is 9.92. The Balaban J connectivity index is 1.50. The van der Waals surface area contributed by atoms with Crippen LogP contribution in [0, 0.1) is 5.92 Å². The number of nitrogens with one attached hydrogen (secondary N) is 1. The molecule has 29 heavy (non-hydrogen) atoms. The lowest BCUT2D eigenvalue weighted by molar-refractivity contribution is -0.152. The fourth-order valence-corrected chi connectivity index (χ4v) is 3.52. The number of esters is 1. The van der Waals surface area contributed by atoms with Gasteiger partial charge in [0.1, 0.15) is 0 Å². The number of hydrogen-bond donors (Lipinski definition) is 1. The van der Waals surface area contributed by atoms with Crippen molar-refractivity contribution in [3.63, 3.8) is 0 Å². The van der Waals surface area contributed by atoms with E-state index in [0.29, 0.717) is 5.02 Å². The summed E-state index contributed by atoms with van der Waals surface area (Å²) in [6, 6.07) is 14.8. The van der Waals surface area contributed by atoms with E-state index in [1.165, 1.54) is 0 Å². The van der Waals surface area contributed by atoms with Crippen LogP contribution in [0.5, 0.6) is 0 Å². The zero-order valence-corrected chi connectivity index (χ0v) is 16.9. The molecule has 1 saturated heterocycles. The number of rotatable bonds is 7. The molecule has 1 aliphatic rings. The number of carbonyl (C=O) groups excluding carboxylic acids is 3. The molecule has 0 bridgehead atoms. The molecule has 1 atom stereocenters. The van der Waals surface area contributed by atoms with Gasteiger partial charge in [-0.15, -0.1) is 0 Å². The quantitative estimate of drug-likeness (QED) is 0.706. The number of hydrogen-bond acceptors (Lipinski definition) is 4. The second-order valence-electron chi connectivity index (χ2n) is 6.86. The number of halogens is 1. The Morgan fingerprint density at radius 1 is 1.14 bits per heavy atom. The van der Waals surface area contributed by atoms with Crippen molar-refractivity contribution in [3.05, 3.63) is 64.7 Å². The SMILES string of the molecule is CCc1ccccc1N1C[C@H](C(=O)OCC(=O)NCc2ccccc2Cl)CC1=O. The molecule has 6 nitrogen and oxygen atoms in total. The molecule has 1 N–H and O–H groups in total. The van der Waals surface area contributed by atoms with Crippen LogP contribution in [0.3, 0.4) is 0 Å². The lowest BCUT2D eigenvalue weighted by Crippen LogP contribution is -2.31. The van der Waals surface area contributed by atoms with Crippen LogP contribution in [-0.2, 0) is 32.1 Å². The lowest BCUT2D eigenvalue weighted by Gasteiger charge is -2.19. The lowest BCUT2D eigenvalue weighted by atomic mass is 10.1. The maximum Gasteiger partial charge on any atom is 0.311 e. The Kier molecular flexibility index (Phi) is 6.88. The largest absolute Gasteiger partial charge is 0.455 e. The van der Waals surface area contributed by atoms with Gasteiger partial charge in [0.15, 0.2) is 6.61 Å². The summed E-state index contributed by atoms with van der Waals surface area (Å²) in [7, 11) is 0. The van der Waals surface area contributed by atoms with Gasteiger partial charge in [0.25, 0.3) is 5.91 Å². The van der Waals surface area contributed by atoms with Crippen LogP contribution >= 0.6 is 11.6 Å². The third kappa shape index (κ3) is 5.15. The highest BCUT2D eigenvalue weighted by molar-refractivity contribution is 6.31. The number of anilines is 1. The first-order valence-electron chi connectivity index (χ1n) is 9.54. The molecule has 7 heteroatoms. The molecule has 0 aromatic heterocycles. The Morgan fingerprint density at radius 3 is 2.55 bits per heavy atom. The van der Waals surface area contributed by atoms with Crippen LogP contribution in [-0.4, -0.2) is 30.9 Å². The molecule has 0 unspecified atom stereocenters. The summed E-state index contributed by atoms with van der Waals surface area (Å²) in [6.07, 6.45) is 0.874. The third-order valence-corrected chi connectivity index (χ3v) is 5.27. The van der Waals surface area contributed by atoms with Gasteiger partial charge < -0.3 is 15.0 Å². The fourth-order valence-electron chi connectivity index (χ4n) is 3.31. The molecule has 152 valence electrons. The molecule has 0 spiro atoms. The zero-order valence-electron chi connectivity index (χ0n) is 16.2. The maximum absolute atomic E-state index is 12.4. The number of ether oxygens (including phenoxy) is 1. The van der Waals surface area contributed by atoms with Gasteiger partial charge in [-0.3, -0.25) is 14.4 Å². The van der Waals surface area contributed by atoms with Crippen LogP contribution in [0.25, 0.3) is 0 Å². The first kappa shape index (κ1) is 20.9. The van der Waals surface area contributed by atoms with E-state index in [2.05, 4.69) is 5.32 Å². The summed E-state index contributed by atoms with van der Waals surface area (Å²) >= 11 is 6.05. The van der Waals surface area contributed by atoms with Crippen molar-refractivity contribution >= 4 is 35.1 Å². The summed E-state index contributed by atoms with van der Waals surface area (Å²) < 4.78 is 5.13. The van der Waals surface area contributed by atoms with Crippen LogP contribution < -0.4 is 10.2 Å². The molecule has 3 rings (SSSR count). The molecular weight excluding hydrogens is 392 g/mol. The van der Waals surface area contributed by atoms with Crippen molar-refractivity contribution in [2.45, 2.75) is 26.3 Å². The number of carbonyl (C=O) groups is 3. The van der Waals surface area contributed by atoms with E-state index >= 15 is 0 Å². The Labute approximate surface area is 174 Å². The van der Waals surface area contributed by atoms with Crippen LogP contribution in [0.15, 0.2) is 48.5 Å². The minimum atomic E-state index is -0.580. The number of amides is 2. The van der Waals surface area contributed by atoms with Crippen LogP contribution in [0.1, 0.15) is 24.5 Å². The van der Waals surface area contributed by atoms with Crippen molar-refractivity contribution in [1.82, 2.24) is 5.32 Å². The van der Waals surface area contributed by atoms with Gasteiger partial charge in [0, 0.05) is 30.2 Å². The van der Waals surface area contributed by atoms with Gasteiger partial charge in [-0.2, -0.15) is 0 Å². The van der Waals surface area contributed by atoms with Crippen molar-refractivity contribution in [1.29, 1.82) is 0 Å². The Morgan fingerprint density at radius 2 is 1.83 bits per heavy atom. The van der Waals surface area contributed by atoms with Gasteiger partial charge >= 0.3 is 5.97 Å². The van der Waals surface area contributed by atoms with Gasteiger partial charge in [-0.05, 0) is 29.7 Å². The van der Waals surface area contributed by atoms with Crippen molar-refractivity contribution in [2.75, 3.05) is 18.1 Å². The molecule has 2 aromatic carbocycles. The first-order chi connectivity index (χ1) is 14.0. The highest BCUT2D eigenvalue weighted by atomic mass is 35.5. The Hall–Kier alpha value is -2.86. The zero-order chi connectivity index (χ0) is 20.8. The summed E-state index contributed by atoms with van der Waals surface area (Å²) in [5, 5.41) is 3.22. The van der Waals surface area contributed by atoms with E-state index in [1.807, 2.05) is 43.3 Å². The number of para-hydroxylation sites is 1. The van der Waals surface area contributed by atoms with Gasteiger partial charge in [0.2, 0.25) is 5.91 Å². The minimum Gasteiger partial charge on any atom is -0.455 e. The average molecular weight is 415 g/mol. The molecular formula is C22H23ClN2O4. The number of aryl methyl sites for hydroxylation is 1. The summed E-state index contributed by atoms with van der Waals surface area (Å²) in [6.45, 7) is 2.14. The molecule has 1 heterocycles. The van der Waals surface area contributed by atoms with Crippen molar-refractivity contribution in [2.24, 2.45) is 5.92 Å². The average Bonchev–Trinajstić information content (AvgIpc) is 3.12.